The van der Waals surface area contributed by atoms with E-state index in [4.69, 9.17) is 0 Å². The largest absolute Gasteiger partial charge is 0.341 e. The number of carbonyl (C=O) groups is 4. The molecule has 0 unspecified atom stereocenters. The Morgan fingerprint density at radius 1 is 0.297 bits per heavy atom. The summed E-state index contributed by atoms with van der Waals surface area (Å²) in [6.45, 7) is 14.5. The van der Waals surface area contributed by atoms with Crippen molar-refractivity contribution in [2.24, 2.45) is 0 Å². The molecule has 0 fully saturated rings. The topological polar surface area (TPSA) is 84.5 Å². The molecule has 0 N–H and O–H groups in total. The number of carbonyl (C=O) groups excluding carboxylic acids is 4. The third kappa shape index (κ3) is 15.9. The minimum atomic E-state index is -0.0376. The van der Waals surface area contributed by atoms with Crippen molar-refractivity contribution in [1.82, 2.24) is 19.6 Å². The van der Waals surface area contributed by atoms with E-state index in [0.717, 1.165) is 171 Å². The summed E-state index contributed by atoms with van der Waals surface area (Å²) in [5.74, 6) is -0.151. The first-order valence-electron chi connectivity index (χ1n) is 35.2. The molecule has 6 aromatic rings. The molecular weight excluding hydrogens is 1200 g/mol. The minimum absolute atomic E-state index is 0.0376. The van der Waals surface area contributed by atoms with Crippen LogP contribution in [0, 0.1) is 0 Å². The molecule has 4 amide bonds. The van der Waals surface area contributed by atoms with Gasteiger partial charge in [0.1, 0.15) is 0 Å². The summed E-state index contributed by atoms with van der Waals surface area (Å²) in [5.41, 5.74) is 9.96. The van der Waals surface area contributed by atoms with E-state index in [2.05, 4.69) is 135 Å². The van der Waals surface area contributed by atoms with Gasteiger partial charge in [-0.25, -0.2) is 0 Å². The van der Waals surface area contributed by atoms with E-state index in [1.165, 1.54) is 89.9 Å². The number of benzene rings is 2. The Balaban J connectivity index is 0.913. The maximum Gasteiger partial charge on any atom is 0.261 e. The highest BCUT2D eigenvalue weighted by Gasteiger charge is 2.51. The van der Waals surface area contributed by atoms with E-state index >= 15 is 0 Å². The molecule has 10 rings (SSSR count). The monoisotopic (exact) mass is 1300 g/mol. The van der Waals surface area contributed by atoms with Crippen LogP contribution in [0.25, 0.3) is 43.7 Å². The molecule has 0 atom stereocenters. The Bertz CT molecular complexity index is 3260. The van der Waals surface area contributed by atoms with Gasteiger partial charge in [-0.15, -0.1) is 45.3 Å². The van der Waals surface area contributed by atoms with E-state index < -0.39 is 0 Å². The van der Waals surface area contributed by atoms with Crippen LogP contribution in [0.1, 0.15) is 234 Å². The van der Waals surface area contributed by atoms with Gasteiger partial charge in [-0.05, 0) is 115 Å². The third-order valence-corrected chi connectivity index (χ3v) is 22.7. The molecular formula is C78H99N5O4S4. The van der Waals surface area contributed by atoms with Crippen molar-refractivity contribution < 1.29 is 19.2 Å². The first kappa shape index (κ1) is 67.8. The van der Waals surface area contributed by atoms with Crippen LogP contribution in [0.15, 0.2) is 130 Å². The Morgan fingerprint density at radius 3 is 0.868 bits per heavy atom. The van der Waals surface area contributed by atoms with E-state index in [1.54, 1.807) is 45.3 Å². The van der Waals surface area contributed by atoms with Crippen LogP contribution in [0.3, 0.4) is 0 Å². The zero-order chi connectivity index (χ0) is 63.5. The Hall–Kier alpha value is -6.12. The quantitative estimate of drug-likeness (QED) is 0.0357. The second-order valence-electron chi connectivity index (χ2n) is 25.4. The Labute approximate surface area is 560 Å². The molecule has 9 nitrogen and oxygen atoms in total. The summed E-state index contributed by atoms with van der Waals surface area (Å²) in [6, 6.07) is 34.7. The lowest BCUT2D eigenvalue weighted by atomic mass is 10.1. The van der Waals surface area contributed by atoms with Gasteiger partial charge in [0.15, 0.2) is 0 Å². The molecule has 4 aliphatic rings. The second kappa shape index (κ2) is 34.2. The number of thiophene rings is 4. The molecule has 13 heteroatoms. The lowest BCUT2D eigenvalue weighted by Gasteiger charge is -2.26. The number of amides is 4. The SMILES string of the molecule is CCCCCCCCN1C(=O)C2=C(c3ccc(-c4ccc(N(CCCCCC)c5ccc(-c6ccc(C7=C8C(=O)N(CCCCCCCC)C(c9cccs9)=C8C(=O)N7CCCCCCCC)s6)cc5)cc4)s3)N(CCCCCCCC)C(=O)C2=C1c1cccs1. The molecule has 0 saturated heterocycles. The molecule has 8 heterocycles. The van der Waals surface area contributed by atoms with Gasteiger partial charge >= 0.3 is 0 Å². The van der Waals surface area contributed by atoms with Gasteiger partial charge < -0.3 is 24.5 Å². The fourth-order valence-corrected chi connectivity index (χ4v) is 17.4. The maximum absolute atomic E-state index is 15.0. The fraction of sp³-hybridized carbons (Fsp3) is 0.487. The van der Waals surface area contributed by atoms with Gasteiger partial charge in [-0.1, -0.05) is 219 Å². The highest BCUT2D eigenvalue weighted by molar-refractivity contribution is 7.17. The number of nitrogens with zero attached hydrogens (tertiary/aromatic N) is 5. The van der Waals surface area contributed by atoms with E-state index in [9.17, 15) is 19.2 Å². The normalized spacial score (nSPS) is 15.0. The number of unbranched alkanes of at least 4 members (excludes halogenated alkanes) is 23. The molecule has 0 spiro atoms. The van der Waals surface area contributed by atoms with Crippen molar-refractivity contribution in [3.8, 4) is 20.9 Å². The van der Waals surface area contributed by atoms with Crippen molar-refractivity contribution in [2.45, 2.75) is 214 Å². The maximum atomic E-state index is 15.0. The number of anilines is 2. The molecule has 91 heavy (non-hydrogen) atoms. The zero-order valence-corrected chi connectivity index (χ0v) is 58.5. The number of fused-ring (bicyclic) bond motifs is 2. The van der Waals surface area contributed by atoms with Crippen molar-refractivity contribution in [2.75, 3.05) is 37.6 Å². The standard InChI is InChI=1S/C78H99N5O4S4/c1-6-11-16-21-25-30-51-80-71(63-36-34-55-88-63)67-69(77(80)86)73(82(75(67)84)53-32-27-23-18-13-8-3)65-48-46-61(90-65)57-38-42-59(43-39-57)79(50-29-20-15-10-5)60-44-40-58(41-45-60)62-47-49-66(91-62)74-70-68(76(85)83(74)54-33-28-24-19-14-9-4)72(64-37-35-56-89-64)81(78(70)87)52-31-26-22-17-12-7-2/h34-49,55-56H,6-33,50-54H2,1-5H3. The molecule has 0 aliphatic carbocycles. The number of hydrogen-bond acceptors (Lipinski definition) is 9. The minimum Gasteiger partial charge on any atom is -0.341 e. The van der Waals surface area contributed by atoms with Gasteiger partial charge in [0.25, 0.3) is 23.6 Å². The van der Waals surface area contributed by atoms with Crippen LogP contribution in [0.2, 0.25) is 0 Å². The van der Waals surface area contributed by atoms with Crippen molar-refractivity contribution >= 4 is 103 Å². The van der Waals surface area contributed by atoms with Crippen LogP contribution in [0.4, 0.5) is 11.4 Å². The highest BCUT2D eigenvalue weighted by Crippen LogP contribution is 2.52. The fourth-order valence-electron chi connectivity index (χ4n) is 13.7. The molecule has 4 aromatic heterocycles. The summed E-state index contributed by atoms with van der Waals surface area (Å²) in [6.07, 6.45) is 31.6. The van der Waals surface area contributed by atoms with Crippen molar-refractivity contribution in [1.29, 1.82) is 0 Å². The van der Waals surface area contributed by atoms with E-state index in [0.29, 0.717) is 48.5 Å². The smallest absolute Gasteiger partial charge is 0.261 e. The highest BCUT2D eigenvalue weighted by atomic mass is 32.1. The van der Waals surface area contributed by atoms with Crippen LogP contribution in [-0.4, -0.2) is 76.0 Å². The number of rotatable bonds is 41. The van der Waals surface area contributed by atoms with Gasteiger partial charge in [-0.2, -0.15) is 0 Å². The summed E-state index contributed by atoms with van der Waals surface area (Å²) in [7, 11) is 0. The molecule has 0 saturated carbocycles. The predicted octanol–water partition coefficient (Wildman–Crippen LogP) is 22.0. The lowest BCUT2D eigenvalue weighted by Crippen LogP contribution is -2.30. The summed E-state index contributed by atoms with van der Waals surface area (Å²) < 4.78 is 0. The van der Waals surface area contributed by atoms with Crippen LogP contribution in [-0.2, 0) is 19.2 Å². The first-order valence-corrected chi connectivity index (χ1v) is 38.6. The van der Waals surface area contributed by atoms with Crippen molar-refractivity contribution in [3.63, 3.8) is 0 Å². The van der Waals surface area contributed by atoms with Gasteiger partial charge in [0, 0.05) is 53.9 Å². The van der Waals surface area contributed by atoms with E-state index in [-0.39, 0.29) is 23.6 Å². The predicted molar refractivity (Wildman–Crippen MR) is 387 cm³/mol. The number of hydrogen-bond donors (Lipinski definition) is 0. The van der Waals surface area contributed by atoms with Crippen molar-refractivity contribution in [3.05, 3.63) is 150 Å². The average Bonchev–Trinajstić information content (AvgIpc) is 1.57. The Morgan fingerprint density at radius 2 is 0.571 bits per heavy atom. The molecule has 4 aliphatic heterocycles. The third-order valence-electron chi connectivity index (χ3n) is 18.7. The summed E-state index contributed by atoms with van der Waals surface area (Å²) in [5, 5.41) is 4.10. The first-order chi connectivity index (χ1) is 44.7. The Kier molecular flexibility index (Phi) is 25.4. The zero-order valence-electron chi connectivity index (χ0n) is 55.2. The van der Waals surface area contributed by atoms with Crippen LogP contribution >= 0.6 is 45.3 Å². The molecule has 0 bridgehead atoms. The van der Waals surface area contributed by atoms with Crippen LogP contribution < -0.4 is 4.90 Å². The summed E-state index contributed by atoms with van der Waals surface area (Å²) in [4.78, 5) is 76.2. The lowest BCUT2D eigenvalue weighted by molar-refractivity contribution is -0.124. The summed E-state index contributed by atoms with van der Waals surface area (Å²) >= 11 is 6.57. The van der Waals surface area contributed by atoms with Gasteiger partial charge in [0.05, 0.1) is 64.6 Å². The van der Waals surface area contributed by atoms with Gasteiger partial charge in [0.2, 0.25) is 0 Å². The molecule has 0 radical (unpaired) electrons. The molecule has 2 aromatic carbocycles. The molecule has 484 valence electrons. The van der Waals surface area contributed by atoms with Crippen LogP contribution in [0.5, 0.6) is 0 Å². The van der Waals surface area contributed by atoms with E-state index in [1.807, 2.05) is 31.7 Å². The average molecular weight is 1300 g/mol. The van der Waals surface area contributed by atoms with Gasteiger partial charge in [-0.3, -0.25) is 19.2 Å². The second-order valence-corrected chi connectivity index (χ2v) is 29.4.